The lowest BCUT2D eigenvalue weighted by molar-refractivity contribution is -0.128. The number of nitrogens with two attached hydrogens (primary N) is 1. The predicted molar refractivity (Wildman–Crippen MR) is 95.5 cm³/mol. The van der Waals surface area contributed by atoms with Crippen LogP contribution in [0.4, 0.5) is 0 Å². The zero-order valence-corrected chi connectivity index (χ0v) is 15.0. The molecule has 6 nitrogen and oxygen atoms in total. The van der Waals surface area contributed by atoms with Crippen LogP contribution in [-0.2, 0) is 15.1 Å². The first-order valence-electron chi connectivity index (χ1n) is 9.15. The monoisotopic (exact) mass is 344 g/mol. The second-order valence-electron chi connectivity index (χ2n) is 7.61. The van der Waals surface area contributed by atoms with Gasteiger partial charge in [0.2, 0.25) is 11.8 Å². The van der Waals surface area contributed by atoms with E-state index in [-0.39, 0.29) is 22.8 Å². The molecule has 2 amide bonds. The van der Waals surface area contributed by atoms with Gasteiger partial charge in [0.1, 0.15) is 0 Å². The van der Waals surface area contributed by atoms with Crippen molar-refractivity contribution in [1.82, 2.24) is 15.2 Å². The summed E-state index contributed by atoms with van der Waals surface area (Å²) in [7, 11) is 2.00. The summed E-state index contributed by atoms with van der Waals surface area (Å²) in [6, 6.07) is 6.06. The predicted octanol–water partition coefficient (Wildman–Crippen LogP) is 1.55. The van der Waals surface area contributed by atoms with Gasteiger partial charge in [0.05, 0.1) is 11.2 Å². The molecule has 136 valence electrons. The Morgan fingerprint density at radius 3 is 2.68 bits per heavy atom. The Balaban J connectivity index is 1.63. The van der Waals surface area contributed by atoms with E-state index in [1.807, 2.05) is 30.3 Å². The number of likely N-dealkylation sites (tertiary alicyclic amines) is 1. The second-order valence-corrected chi connectivity index (χ2v) is 7.61. The lowest BCUT2D eigenvalue weighted by Crippen LogP contribution is -2.47. The third-order valence-electron chi connectivity index (χ3n) is 6.05. The quantitative estimate of drug-likeness (QED) is 0.819. The third kappa shape index (κ3) is 3.68. The Kier molecular flexibility index (Phi) is 5.08. The smallest absolute Gasteiger partial charge is 0.223 e. The highest BCUT2D eigenvalue weighted by molar-refractivity contribution is 5.79. The molecule has 0 unspecified atom stereocenters. The maximum Gasteiger partial charge on any atom is 0.223 e. The van der Waals surface area contributed by atoms with Crippen LogP contribution in [0.25, 0.3) is 0 Å². The molecule has 1 aromatic rings. The van der Waals surface area contributed by atoms with E-state index in [2.05, 4.69) is 16.4 Å². The summed E-state index contributed by atoms with van der Waals surface area (Å²) in [6.07, 6.45) is 7.49. The van der Waals surface area contributed by atoms with Crippen LogP contribution in [0, 0.1) is 5.41 Å². The molecule has 2 aliphatic rings. The lowest BCUT2D eigenvalue weighted by Gasteiger charge is -2.44. The highest BCUT2D eigenvalue weighted by Crippen LogP contribution is 2.49. The van der Waals surface area contributed by atoms with Crippen LogP contribution in [0.15, 0.2) is 24.4 Å². The average Bonchev–Trinajstić information content (AvgIpc) is 2.92. The molecule has 6 heteroatoms. The number of nitrogens with zero attached hydrogens (tertiary/aromatic N) is 2. The molecule has 0 bridgehead atoms. The Bertz CT molecular complexity index is 624. The fraction of sp³-hybridized carbons (Fsp3) is 0.632. The number of pyridine rings is 1. The van der Waals surface area contributed by atoms with Crippen molar-refractivity contribution in [1.29, 1.82) is 0 Å². The van der Waals surface area contributed by atoms with Crippen LogP contribution in [0.1, 0.15) is 50.6 Å². The molecule has 1 spiro atoms. The van der Waals surface area contributed by atoms with E-state index in [1.165, 1.54) is 0 Å². The summed E-state index contributed by atoms with van der Waals surface area (Å²) in [5, 5.41) is 3.50. The average molecular weight is 344 g/mol. The van der Waals surface area contributed by atoms with Crippen molar-refractivity contribution in [2.75, 3.05) is 20.1 Å². The molecule has 3 N–H and O–H groups in total. The van der Waals surface area contributed by atoms with E-state index < -0.39 is 0 Å². The maximum absolute atomic E-state index is 12.4. The van der Waals surface area contributed by atoms with Crippen LogP contribution in [0.3, 0.4) is 0 Å². The Morgan fingerprint density at radius 2 is 2.08 bits per heavy atom. The first-order valence-corrected chi connectivity index (χ1v) is 9.15. The largest absolute Gasteiger partial charge is 0.370 e. The number of carbonyl (C=O) groups excluding carboxylic acids is 2. The molecule has 1 aliphatic heterocycles. The third-order valence-corrected chi connectivity index (χ3v) is 6.05. The fourth-order valence-corrected chi connectivity index (χ4v) is 4.45. The molecule has 2 fully saturated rings. The van der Waals surface area contributed by atoms with E-state index in [0.29, 0.717) is 25.8 Å². The molecule has 0 atom stereocenters. The first-order chi connectivity index (χ1) is 12.0. The fourth-order valence-electron chi connectivity index (χ4n) is 4.45. The molecule has 1 aromatic heterocycles. The molecular weight excluding hydrogens is 316 g/mol. The van der Waals surface area contributed by atoms with Gasteiger partial charge in [0.15, 0.2) is 0 Å². The lowest BCUT2D eigenvalue weighted by atomic mass is 9.66. The van der Waals surface area contributed by atoms with Crippen LogP contribution in [-0.4, -0.2) is 41.8 Å². The van der Waals surface area contributed by atoms with E-state index >= 15 is 0 Å². The molecule has 25 heavy (non-hydrogen) atoms. The topological polar surface area (TPSA) is 88.3 Å². The minimum absolute atomic E-state index is 0.0823. The van der Waals surface area contributed by atoms with E-state index in [9.17, 15) is 9.59 Å². The van der Waals surface area contributed by atoms with Crippen LogP contribution < -0.4 is 11.1 Å². The van der Waals surface area contributed by atoms with Crippen molar-refractivity contribution in [3.05, 3.63) is 30.1 Å². The number of rotatable bonds is 6. The van der Waals surface area contributed by atoms with Crippen molar-refractivity contribution in [2.24, 2.45) is 11.1 Å². The Labute approximate surface area is 149 Å². The second kappa shape index (κ2) is 7.12. The van der Waals surface area contributed by atoms with Crippen molar-refractivity contribution >= 4 is 11.8 Å². The number of amides is 2. The normalized spacial score (nSPS) is 29.3. The minimum Gasteiger partial charge on any atom is -0.370 e. The van der Waals surface area contributed by atoms with Crippen LogP contribution in [0.2, 0.25) is 0 Å². The number of hydrogen-bond acceptors (Lipinski definition) is 4. The number of aromatic nitrogens is 1. The van der Waals surface area contributed by atoms with Gasteiger partial charge in [-0.15, -0.1) is 0 Å². The van der Waals surface area contributed by atoms with Crippen LogP contribution in [0.5, 0.6) is 0 Å². The van der Waals surface area contributed by atoms with Gasteiger partial charge in [-0.05, 0) is 56.7 Å². The van der Waals surface area contributed by atoms with Gasteiger partial charge in [-0.3, -0.25) is 14.6 Å². The van der Waals surface area contributed by atoms with Gasteiger partial charge in [0.25, 0.3) is 0 Å². The SMILES string of the molecule is CNC1(c2ccccn2)CCC2(CC1)CC(=O)N(CCCC(N)=O)C2. The number of nitrogens with one attached hydrogen (secondary N) is 1. The van der Waals surface area contributed by atoms with Gasteiger partial charge in [-0.1, -0.05) is 6.07 Å². The van der Waals surface area contributed by atoms with Crippen LogP contribution >= 0.6 is 0 Å². The first kappa shape index (κ1) is 17.9. The zero-order chi connectivity index (χ0) is 17.9. The molecule has 1 saturated carbocycles. The van der Waals surface area contributed by atoms with Gasteiger partial charge in [0, 0.05) is 32.1 Å². The molecule has 1 aliphatic carbocycles. The summed E-state index contributed by atoms with van der Waals surface area (Å²) >= 11 is 0. The van der Waals surface area contributed by atoms with Crippen molar-refractivity contribution in [3.8, 4) is 0 Å². The van der Waals surface area contributed by atoms with Gasteiger partial charge in [-0.25, -0.2) is 0 Å². The molecular formula is C19H28N4O2. The molecule has 2 heterocycles. The van der Waals surface area contributed by atoms with E-state index in [1.54, 1.807) is 0 Å². The van der Waals surface area contributed by atoms with Gasteiger partial charge < -0.3 is 16.0 Å². The summed E-state index contributed by atoms with van der Waals surface area (Å²) in [6.45, 7) is 1.45. The Morgan fingerprint density at radius 1 is 1.32 bits per heavy atom. The molecule has 3 rings (SSSR count). The van der Waals surface area contributed by atoms with Crippen molar-refractivity contribution < 1.29 is 9.59 Å². The van der Waals surface area contributed by atoms with E-state index in [0.717, 1.165) is 37.9 Å². The molecule has 1 saturated heterocycles. The minimum atomic E-state index is -0.298. The molecule has 0 radical (unpaired) electrons. The maximum atomic E-state index is 12.4. The number of primary amides is 1. The van der Waals surface area contributed by atoms with Crippen molar-refractivity contribution in [3.63, 3.8) is 0 Å². The summed E-state index contributed by atoms with van der Waals surface area (Å²) in [4.78, 5) is 29.8. The Hall–Kier alpha value is -1.95. The standard InChI is InChI=1S/C19H28N4O2/c1-21-19(15-5-2-3-11-22-15)9-7-18(8-10-19)13-17(25)23(14-18)12-4-6-16(20)24/h2-3,5,11,21H,4,6-10,12-14H2,1H3,(H2,20,24). The highest BCUT2D eigenvalue weighted by atomic mass is 16.2. The number of carbonyl (C=O) groups is 2. The summed E-state index contributed by atoms with van der Waals surface area (Å²) < 4.78 is 0. The van der Waals surface area contributed by atoms with Gasteiger partial charge in [-0.2, -0.15) is 0 Å². The zero-order valence-electron chi connectivity index (χ0n) is 15.0. The van der Waals surface area contributed by atoms with E-state index in [4.69, 9.17) is 5.73 Å². The highest BCUT2D eigenvalue weighted by Gasteiger charge is 2.49. The van der Waals surface area contributed by atoms with Crippen molar-refractivity contribution in [2.45, 2.75) is 50.5 Å². The summed E-state index contributed by atoms with van der Waals surface area (Å²) in [5.41, 5.74) is 6.28. The molecule has 0 aromatic carbocycles. The number of hydrogen-bond donors (Lipinski definition) is 2. The summed E-state index contributed by atoms with van der Waals surface area (Å²) in [5.74, 6) is -0.0764. The van der Waals surface area contributed by atoms with Gasteiger partial charge >= 0.3 is 0 Å².